The van der Waals surface area contributed by atoms with Crippen LogP contribution in [0.25, 0.3) is 0 Å². The summed E-state index contributed by atoms with van der Waals surface area (Å²) in [6, 6.07) is 0. The van der Waals surface area contributed by atoms with E-state index in [-0.39, 0.29) is 0 Å². The molecule has 0 amide bonds. The first-order chi connectivity index (χ1) is 3.85. The number of hydrogen-bond donors (Lipinski definition) is 1. The lowest BCUT2D eigenvalue weighted by Gasteiger charge is -2.06. The second-order valence-electron chi connectivity index (χ2n) is 1.50. The third-order valence-electron chi connectivity index (χ3n) is 0.890. The molecule has 0 spiro atoms. The van der Waals surface area contributed by atoms with Crippen LogP contribution in [0.5, 0.6) is 0 Å². The SMILES string of the molecule is CSCC(CS)SC. The van der Waals surface area contributed by atoms with Crippen molar-refractivity contribution in [1.29, 1.82) is 0 Å². The molecule has 0 heterocycles. The van der Waals surface area contributed by atoms with Crippen molar-refractivity contribution in [2.24, 2.45) is 0 Å². The molecule has 0 aromatic heterocycles. The average molecular weight is 168 g/mol. The molecule has 3 heteroatoms. The lowest BCUT2D eigenvalue weighted by Crippen LogP contribution is -2.06. The van der Waals surface area contributed by atoms with Crippen LogP contribution in [0.3, 0.4) is 0 Å². The van der Waals surface area contributed by atoms with Crippen LogP contribution in [0.2, 0.25) is 0 Å². The fraction of sp³-hybridized carbons (Fsp3) is 1.00. The highest BCUT2D eigenvalue weighted by Crippen LogP contribution is 2.12. The van der Waals surface area contributed by atoms with Gasteiger partial charge in [-0.25, -0.2) is 0 Å². The molecule has 0 aliphatic carbocycles. The van der Waals surface area contributed by atoms with E-state index in [1.807, 2.05) is 23.5 Å². The summed E-state index contributed by atoms with van der Waals surface area (Å²) in [5.41, 5.74) is 0. The smallest absolute Gasteiger partial charge is 0.0223 e. The van der Waals surface area contributed by atoms with Crippen LogP contribution < -0.4 is 0 Å². The third kappa shape index (κ3) is 3.98. The van der Waals surface area contributed by atoms with Gasteiger partial charge in [-0.05, 0) is 12.5 Å². The van der Waals surface area contributed by atoms with Crippen molar-refractivity contribution < 1.29 is 0 Å². The summed E-state index contributed by atoms with van der Waals surface area (Å²) >= 11 is 7.98. The van der Waals surface area contributed by atoms with Gasteiger partial charge in [-0.2, -0.15) is 36.2 Å². The Morgan fingerprint density at radius 1 is 1.50 bits per heavy atom. The standard InChI is InChI=1S/C5H12S3/c1-7-4-5(3-6)8-2/h5-6H,3-4H2,1-2H3. The molecule has 0 rings (SSSR count). The van der Waals surface area contributed by atoms with Crippen molar-refractivity contribution in [3.63, 3.8) is 0 Å². The van der Waals surface area contributed by atoms with E-state index in [4.69, 9.17) is 0 Å². The molecular formula is C5H12S3. The Hall–Kier alpha value is 1.05. The van der Waals surface area contributed by atoms with Crippen molar-refractivity contribution in [2.45, 2.75) is 5.25 Å². The van der Waals surface area contributed by atoms with Crippen LogP contribution in [-0.2, 0) is 0 Å². The Morgan fingerprint density at radius 3 is 2.25 bits per heavy atom. The zero-order valence-corrected chi connectivity index (χ0v) is 7.78. The van der Waals surface area contributed by atoms with Gasteiger partial charge >= 0.3 is 0 Å². The van der Waals surface area contributed by atoms with E-state index >= 15 is 0 Å². The number of thiol groups is 1. The van der Waals surface area contributed by atoms with E-state index in [9.17, 15) is 0 Å². The van der Waals surface area contributed by atoms with E-state index in [1.165, 1.54) is 5.75 Å². The number of thioether (sulfide) groups is 2. The monoisotopic (exact) mass is 168 g/mol. The molecule has 0 saturated heterocycles. The summed E-state index contributed by atoms with van der Waals surface area (Å²) in [5.74, 6) is 2.23. The fourth-order valence-electron chi connectivity index (χ4n) is 0.381. The van der Waals surface area contributed by atoms with Crippen molar-refractivity contribution in [1.82, 2.24) is 0 Å². The molecule has 0 aliphatic rings. The Balaban J connectivity index is 3.07. The molecule has 50 valence electrons. The van der Waals surface area contributed by atoms with Gasteiger partial charge in [0.25, 0.3) is 0 Å². The topological polar surface area (TPSA) is 0 Å². The quantitative estimate of drug-likeness (QED) is 0.638. The van der Waals surface area contributed by atoms with Gasteiger partial charge in [0.05, 0.1) is 0 Å². The first-order valence-corrected chi connectivity index (χ1v) is 5.79. The summed E-state index contributed by atoms with van der Waals surface area (Å²) in [7, 11) is 0. The van der Waals surface area contributed by atoms with Crippen molar-refractivity contribution in [3.05, 3.63) is 0 Å². The van der Waals surface area contributed by atoms with E-state index in [2.05, 4.69) is 25.1 Å². The average Bonchev–Trinajstić information content (AvgIpc) is 1.83. The van der Waals surface area contributed by atoms with Gasteiger partial charge < -0.3 is 0 Å². The zero-order valence-electron chi connectivity index (χ0n) is 5.26. The second-order valence-corrected chi connectivity index (χ2v) is 3.91. The highest BCUT2D eigenvalue weighted by molar-refractivity contribution is 8.03. The molecule has 0 aromatic carbocycles. The van der Waals surface area contributed by atoms with Crippen LogP contribution in [0, 0.1) is 0 Å². The van der Waals surface area contributed by atoms with Crippen molar-refractivity contribution in [3.8, 4) is 0 Å². The fourth-order valence-corrected chi connectivity index (χ4v) is 2.72. The van der Waals surface area contributed by atoms with Gasteiger partial charge in [0, 0.05) is 16.8 Å². The normalized spacial score (nSPS) is 13.9. The minimum Gasteiger partial charge on any atom is -0.178 e. The lowest BCUT2D eigenvalue weighted by molar-refractivity contribution is 1.16. The van der Waals surface area contributed by atoms with Crippen LogP contribution >= 0.6 is 36.2 Å². The molecular weight excluding hydrogens is 156 g/mol. The Morgan fingerprint density at radius 2 is 2.12 bits per heavy atom. The van der Waals surface area contributed by atoms with E-state index in [0.29, 0.717) is 0 Å². The molecule has 0 saturated carbocycles. The molecule has 0 bridgehead atoms. The predicted octanol–water partition coefficient (Wildman–Crippen LogP) is 2.01. The first kappa shape index (κ1) is 9.05. The molecule has 0 fully saturated rings. The van der Waals surface area contributed by atoms with E-state index in [0.717, 1.165) is 11.0 Å². The molecule has 0 nitrogen and oxygen atoms in total. The summed E-state index contributed by atoms with van der Waals surface area (Å²) in [6.07, 6.45) is 4.27. The van der Waals surface area contributed by atoms with Crippen LogP contribution in [-0.4, -0.2) is 29.3 Å². The van der Waals surface area contributed by atoms with Gasteiger partial charge in [-0.3, -0.25) is 0 Å². The Bertz CT molecular complexity index is 42.9. The molecule has 0 radical (unpaired) electrons. The summed E-state index contributed by atoms with van der Waals surface area (Å²) in [5, 5.41) is 0.744. The zero-order chi connectivity index (χ0) is 6.41. The van der Waals surface area contributed by atoms with Gasteiger partial charge in [0.2, 0.25) is 0 Å². The van der Waals surface area contributed by atoms with Crippen molar-refractivity contribution in [2.75, 3.05) is 24.0 Å². The molecule has 0 aromatic rings. The molecule has 0 aliphatic heterocycles. The molecule has 0 N–H and O–H groups in total. The van der Waals surface area contributed by atoms with Crippen LogP contribution in [0.15, 0.2) is 0 Å². The number of hydrogen-bond acceptors (Lipinski definition) is 3. The van der Waals surface area contributed by atoms with Crippen LogP contribution in [0.4, 0.5) is 0 Å². The highest BCUT2D eigenvalue weighted by atomic mass is 32.2. The maximum Gasteiger partial charge on any atom is 0.0223 e. The van der Waals surface area contributed by atoms with Gasteiger partial charge in [0.15, 0.2) is 0 Å². The lowest BCUT2D eigenvalue weighted by atomic mass is 10.5. The first-order valence-electron chi connectivity index (χ1n) is 2.47. The predicted molar refractivity (Wildman–Crippen MR) is 49.5 cm³/mol. The highest BCUT2D eigenvalue weighted by Gasteiger charge is 2.00. The maximum atomic E-state index is 4.20. The molecule has 8 heavy (non-hydrogen) atoms. The molecule has 1 unspecified atom stereocenters. The van der Waals surface area contributed by atoms with Crippen molar-refractivity contribution >= 4 is 36.2 Å². The second kappa shape index (κ2) is 6.17. The van der Waals surface area contributed by atoms with E-state index in [1.54, 1.807) is 0 Å². The molecule has 1 atom stereocenters. The Labute approximate surface area is 65.6 Å². The Kier molecular flexibility index (Phi) is 6.98. The van der Waals surface area contributed by atoms with E-state index < -0.39 is 0 Å². The summed E-state index contributed by atoms with van der Waals surface area (Å²) in [6.45, 7) is 0. The maximum absolute atomic E-state index is 4.20. The summed E-state index contributed by atoms with van der Waals surface area (Å²) < 4.78 is 0. The number of rotatable bonds is 4. The summed E-state index contributed by atoms with van der Waals surface area (Å²) in [4.78, 5) is 0. The van der Waals surface area contributed by atoms with Gasteiger partial charge in [0.1, 0.15) is 0 Å². The van der Waals surface area contributed by atoms with Gasteiger partial charge in [-0.15, -0.1) is 0 Å². The van der Waals surface area contributed by atoms with Gasteiger partial charge in [-0.1, -0.05) is 0 Å². The third-order valence-corrected chi connectivity index (χ3v) is 3.52. The largest absolute Gasteiger partial charge is 0.178 e. The van der Waals surface area contributed by atoms with Crippen LogP contribution in [0.1, 0.15) is 0 Å². The minimum atomic E-state index is 0.744. The minimum absolute atomic E-state index is 0.744.